The summed E-state index contributed by atoms with van der Waals surface area (Å²) in [5, 5.41) is 5.32. The highest BCUT2D eigenvalue weighted by molar-refractivity contribution is 7.07. The molecule has 20 heavy (non-hydrogen) atoms. The normalized spacial score (nSPS) is 10.2. The first-order valence-corrected chi connectivity index (χ1v) is 7.00. The van der Waals surface area contributed by atoms with Gasteiger partial charge >= 0.3 is 6.01 Å². The smallest absolute Gasteiger partial charge is 0.321 e. The zero-order chi connectivity index (χ0) is 13.6. The van der Waals surface area contributed by atoms with Crippen molar-refractivity contribution in [2.24, 2.45) is 0 Å². The van der Waals surface area contributed by atoms with Crippen LogP contribution in [-0.2, 0) is 6.54 Å². The summed E-state index contributed by atoms with van der Waals surface area (Å²) >= 11 is 1.59. The van der Waals surface area contributed by atoms with Gasteiger partial charge in [-0.3, -0.25) is 0 Å². The largest absolute Gasteiger partial charge is 0.424 e. The van der Waals surface area contributed by atoms with Gasteiger partial charge in [0.05, 0.1) is 17.7 Å². The predicted octanol–water partition coefficient (Wildman–Crippen LogP) is 3.34. The Morgan fingerprint density at radius 3 is 2.80 bits per heavy atom. The molecule has 2 aromatic heterocycles. The Morgan fingerprint density at radius 2 is 2.00 bits per heavy atom. The molecule has 3 rings (SSSR count). The fourth-order valence-corrected chi connectivity index (χ4v) is 2.19. The van der Waals surface area contributed by atoms with E-state index in [-0.39, 0.29) is 0 Å². The first-order chi connectivity index (χ1) is 9.90. The lowest BCUT2D eigenvalue weighted by atomic mass is 10.3. The van der Waals surface area contributed by atoms with Crippen molar-refractivity contribution in [2.45, 2.75) is 6.54 Å². The molecule has 0 unspecified atom stereocenters. The molecule has 5 nitrogen and oxygen atoms in total. The molecule has 0 aliphatic heterocycles. The number of anilines is 1. The number of thiazole rings is 1. The molecule has 0 bridgehead atoms. The average Bonchev–Trinajstić information content (AvgIpc) is 3.00. The highest BCUT2D eigenvalue weighted by Gasteiger charge is 2.01. The van der Waals surface area contributed by atoms with E-state index in [9.17, 15) is 0 Å². The van der Waals surface area contributed by atoms with Gasteiger partial charge in [0, 0.05) is 29.5 Å². The maximum atomic E-state index is 5.58. The van der Waals surface area contributed by atoms with Gasteiger partial charge in [-0.2, -0.15) is 0 Å². The van der Waals surface area contributed by atoms with Crippen molar-refractivity contribution >= 4 is 17.0 Å². The Morgan fingerprint density at radius 1 is 1.10 bits per heavy atom. The van der Waals surface area contributed by atoms with E-state index in [4.69, 9.17) is 4.74 Å². The van der Waals surface area contributed by atoms with Crippen LogP contribution in [0.1, 0.15) is 5.69 Å². The number of rotatable bonds is 5. The van der Waals surface area contributed by atoms with Crippen molar-refractivity contribution in [1.82, 2.24) is 15.0 Å². The summed E-state index contributed by atoms with van der Waals surface area (Å²) in [6, 6.07) is 9.75. The van der Waals surface area contributed by atoms with Crippen LogP contribution in [0.15, 0.2) is 53.6 Å². The molecule has 0 saturated heterocycles. The fourth-order valence-electron chi connectivity index (χ4n) is 1.63. The van der Waals surface area contributed by atoms with Gasteiger partial charge in [0.25, 0.3) is 0 Å². The molecule has 0 aliphatic rings. The second-order valence-electron chi connectivity index (χ2n) is 3.99. The van der Waals surface area contributed by atoms with Crippen LogP contribution >= 0.6 is 11.3 Å². The number of ether oxygens (including phenoxy) is 1. The minimum Gasteiger partial charge on any atom is -0.424 e. The fraction of sp³-hybridized carbons (Fsp3) is 0.0714. The summed E-state index contributed by atoms with van der Waals surface area (Å²) in [7, 11) is 0. The molecule has 2 heterocycles. The third-order valence-electron chi connectivity index (χ3n) is 2.54. The Bertz CT molecular complexity index is 658. The van der Waals surface area contributed by atoms with Crippen molar-refractivity contribution < 1.29 is 4.74 Å². The van der Waals surface area contributed by atoms with E-state index >= 15 is 0 Å². The third kappa shape index (κ3) is 3.30. The molecule has 0 radical (unpaired) electrons. The van der Waals surface area contributed by atoms with E-state index in [2.05, 4.69) is 20.3 Å². The van der Waals surface area contributed by atoms with E-state index in [1.807, 2.05) is 35.2 Å². The summed E-state index contributed by atoms with van der Waals surface area (Å²) < 4.78 is 5.58. The summed E-state index contributed by atoms with van der Waals surface area (Å²) in [6.45, 7) is 0.689. The molecule has 0 spiro atoms. The van der Waals surface area contributed by atoms with E-state index in [1.165, 1.54) is 0 Å². The molecule has 0 fully saturated rings. The second kappa shape index (κ2) is 6.12. The summed E-state index contributed by atoms with van der Waals surface area (Å²) in [5.74, 6) is 0.694. The van der Waals surface area contributed by atoms with Crippen LogP contribution in [0.3, 0.4) is 0 Å². The summed E-state index contributed by atoms with van der Waals surface area (Å²) in [4.78, 5) is 12.3. The topological polar surface area (TPSA) is 59.9 Å². The maximum Gasteiger partial charge on any atom is 0.321 e. The van der Waals surface area contributed by atoms with E-state index in [0.717, 1.165) is 11.4 Å². The van der Waals surface area contributed by atoms with Crippen LogP contribution in [0.25, 0.3) is 0 Å². The van der Waals surface area contributed by atoms with Gasteiger partial charge in [-0.15, -0.1) is 11.3 Å². The highest BCUT2D eigenvalue weighted by atomic mass is 32.1. The monoisotopic (exact) mass is 284 g/mol. The van der Waals surface area contributed by atoms with Gasteiger partial charge in [-0.05, 0) is 18.2 Å². The van der Waals surface area contributed by atoms with Crippen molar-refractivity contribution in [3.05, 3.63) is 59.3 Å². The second-order valence-corrected chi connectivity index (χ2v) is 4.71. The van der Waals surface area contributed by atoms with Crippen molar-refractivity contribution in [2.75, 3.05) is 5.32 Å². The Labute approximate surface area is 120 Å². The maximum absolute atomic E-state index is 5.58. The number of nitrogens with zero attached hydrogens (tertiary/aromatic N) is 3. The highest BCUT2D eigenvalue weighted by Crippen LogP contribution is 2.21. The Balaban J connectivity index is 1.66. The lowest BCUT2D eigenvalue weighted by molar-refractivity contribution is 0.442. The van der Waals surface area contributed by atoms with Gasteiger partial charge < -0.3 is 10.1 Å². The van der Waals surface area contributed by atoms with Crippen LogP contribution in [0, 0.1) is 0 Å². The molecule has 100 valence electrons. The van der Waals surface area contributed by atoms with Crippen molar-refractivity contribution in [3.8, 4) is 11.8 Å². The molecule has 0 aliphatic carbocycles. The van der Waals surface area contributed by atoms with Crippen molar-refractivity contribution in [3.63, 3.8) is 0 Å². The molecule has 1 aromatic carbocycles. The average molecular weight is 284 g/mol. The molecule has 6 heteroatoms. The molecular formula is C14H12N4OS. The van der Waals surface area contributed by atoms with Crippen LogP contribution in [0.5, 0.6) is 11.8 Å². The minimum absolute atomic E-state index is 0.337. The Kier molecular flexibility index (Phi) is 3.84. The Hall–Kier alpha value is -2.47. The van der Waals surface area contributed by atoms with Gasteiger partial charge in [0.15, 0.2) is 0 Å². The van der Waals surface area contributed by atoms with Crippen LogP contribution < -0.4 is 10.1 Å². The number of aromatic nitrogens is 3. The number of nitrogens with one attached hydrogen (secondary N) is 1. The van der Waals surface area contributed by atoms with Gasteiger partial charge in [-0.25, -0.2) is 15.0 Å². The van der Waals surface area contributed by atoms with Crippen LogP contribution in [0.4, 0.5) is 5.69 Å². The molecule has 1 N–H and O–H groups in total. The number of hydrogen-bond donors (Lipinski definition) is 1. The van der Waals surface area contributed by atoms with E-state index in [1.54, 1.807) is 29.8 Å². The summed E-state index contributed by atoms with van der Waals surface area (Å²) in [6.07, 6.45) is 3.29. The SMILES string of the molecule is c1cnc(Oc2cccc(NCc3cscn3)c2)nc1. The molecule has 0 atom stereocenters. The lowest BCUT2D eigenvalue weighted by Gasteiger charge is -2.07. The predicted molar refractivity (Wildman–Crippen MR) is 78.0 cm³/mol. The van der Waals surface area contributed by atoms with Gasteiger partial charge in [-0.1, -0.05) is 6.07 Å². The zero-order valence-electron chi connectivity index (χ0n) is 10.6. The van der Waals surface area contributed by atoms with Gasteiger partial charge in [0.2, 0.25) is 0 Å². The zero-order valence-corrected chi connectivity index (χ0v) is 11.4. The number of benzene rings is 1. The molecule has 0 amide bonds. The standard InChI is InChI=1S/C14H12N4OS/c1-3-11(17-8-12-9-20-10-18-12)7-13(4-1)19-14-15-5-2-6-16-14/h1-7,9-10,17H,8H2. The quantitative estimate of drug-likeness (QED) is 0.778. The minimum atomic E-state index is 0.337. The first kappa shape index (κ1) is 12.6. The van der Waals surface area contributed by atoms with Crippen LogP contribution in [-0.4, -0.2) is 15.0 Å². The third-order valence-corrected chi connectivity index (χ3v) is 3.18. The summed E-state index contributed by atoms with van der Waals surface area (Å²) in [5.41, 5.74) is 3.81. The molecule has 3 aromatic rings. The van der Waals surface area contributed by atoms with Crippen LogP contribution in [0.2, 0.25) is 0 Å². The van der Waals surface area contributed by atoms with E-state index in [0.29, 0.717) is 18.3 Å². The molecule has 0 saturated carbocycles. The lowest BCUT2D eigenvalue weighted by Crippen LogP contribution is -1.99. The number of hydrogen-bond acceptors (Lipinski definition) is 6. The van der Waals surface area contributed by atoms with Gasteiger partial charge in [0.1, 0.15) is 5.75 Å². The van der Waals surface area contributed by atoms with Crippen molar-refractivity contribution in [1.29, 1.82) is 0 Å². The molecular weight excluding hydrogens is 272 g/mol. The first-order valence-electron chi connectivity index (χ1n) is 6.06. The van der Waals surface area contributed by atoms with E-state index < -0.39 is 0 Å².